The summed E-state index contributed by atoms with van der Waals surface area (Å²) in [6.07, 6.45) is 3.07. The molecule has 0 saturated carbocycles. The molecule has 13 heteroatoms. The zero-order valence-electron chi connectivity index (χ0n) is 20.0. The van der Waals surface area contributed by atoms with Crippen LogP contribution in [-0.2, 0) is 24.0 Å². The maximum Gasteiger partial charge on any atom is 0.326 e. The van der Waals surface area contributed by atoms with E-state index in [0.717, 1.165) is 0 Å². The number of nitrogens with one attached hydrogen (secondary N) is 3. The fraction of sp³-hybridized carbons (Fsp3) is 0.762. The van der Waals surface area contributed by atoms with Gasteiger partial charge in [-0.05, 0) is 50.2 Å². The Hall–Kier alpha value is -2.38. The van der Waals surface area contributed by atoms with Crippen molar-refractivity contribution in [3.8, 4) is 0 Å². The van der Waals surface area contributed by atoms with Crippen molar-refractivity contribution in [3.05, 3.63) is 0 Å². The summed E-state index contributed by atoms with van der Waals surface area (Å²) in [7, 11) is 0. The number of carboxylic acid groups (broad SMARTS) is 2. The summed E-state index contributed by atoms with van der Waals surface area (Å²) in [5.74, 6) is -4.49. The van der Waals surface area contributed by atoms with E-state index in [1.165, 1.54) is 11.8 Å². The molecule has 5 atom stereocenters. The Kier molecular flexibility index (Phi) is 15.9. The summed E-state index contributed by atoms with van der Waals surface area (Å²) < 4.78 is 0. The molecule has 0 bridgehead atoms. The largest absolute Gasteiger partial charge is 0.481 e. The Bertz CT molecular complexity index is 694. The van der Waals surface area contributed by atoms with Gasteiger partial charge in [-0.15, -0.1) is 0 Å². The number of amides is 3. The van der Waals surface area contributed by atoms with E-state index < -0.39 is 60.2 Å². The van der Waals surface area contributed by atoms with Crippen molar-refractivity contribution in [1.29, 1.82) is 0 Å². The smallest absolute Gasteiger partial charge is 0.326 e. The number of nitrogens with two attached hydrogens (primary N) is 2. The highest BCUT2D eigenvalue weighted by molar-refractivity contribution is 7.98. The molecule has 9 N–H and O–H groups in total. The van der Waals surface area contributed by atoms with Crippen molar-refractivity contribution in [1.82, 2.24) is 16.0 Å². The molecule has 196 valence electrons. The molecule has 12 nitrogen and oxygen atoms in total. The van der Waals surface area contributed by atoms with E-state index in [1.807, 2.05) is 6.92 Å². The number of carbonyl (C=O) groups is 5. The average molecular weight is 506 g/mol. The SMILES string of the molecule is CCC(C)C(N)C(=O)NC(CC(=O)O)C(=O)NC(CCCCN)C(=O)NC(CCSC)C(=O)O. The molecule has 0 aliphatic carbocycles. The van der Waals surface area contributed by atoms with Gasteiger partial charge in [-0.25, -0.2) is 4.79 Å². The zero-order valence-corrected chi connectivity index (χ0v) is 20.9. The van der Waals surface area contributed by atoms with Crippen molar-refractivity contribution >= 4 is 41.4 Å². The van der Waals surface area contributed by atoms with E-state index in [9.17, 15) is 34.2 Å². The minimum atomic E-state index is -1.46. The Morgan fingerprint density at radius 3 is 1.94 bits per heavy atom. The van der Waals surface area contributed by atoms with E-state index in [0.29, 0.717) is 31.6 Å². The Morgan fingerprint density at radius 2 is 1.44 bits per heavy atom. The highest BCUT2D eigenvalue weighted by Crippen LogP contribution is 2.08. The third-order valence-corrected chi connectivity index (χ3v) is 6.02. The van der Waals surface area contributed by atoms with Gasteiger partial charge in [-0.1, -0.05) is 20.3 Å². The molecular weight excluding hydrogens is 466 g/mol. The predicted octanol–water partition coefficient (Wildman–Crippen LogP) is -0.744. The first-order valence-electron chi connectivity index (χ1n) is 11.3. The molecular formula is C21H39N5O7S. The standard InChI is InChI=1S/C21H39N5O7S/c1-4-12(2)17(23)20(31)26-15(11-16(27)28)19(30)24-13(7-5-6-9-22)18(29)25-14(21(32)33)8-10-34-3/h12-15,17H,4-11,22-23H2,1-3H3,(H,24,30)(H,25,29)(H,26,31)(H,27,28)(H,32,33). The molecule has 0 saturated heterocycles. The maximum atomic E-state index is 12.9. The van der Waals surface area contributed by atoms with Gasteiger partial charge in [0.05, 0.1) is 12.5 Å². The van der Waals surface area contributed by atoms with Gasteiger partial charge in [-0.3, -0.25) is 19.2 Å². The van der Waals surface area contributed by atoms with Crippen LogP contribution in [0.2, 0.25) is 0 Å². The summed E-state index contributed by atoms with van der Waals surface area (Å²) >= 11 is 1.43. The minimum absolute atomic E-state index is 0.157. The van der Waals surface area contributed by atoms with Crippen LogP contribution in [-0.4, -0.2) is 82.6 Å². The highest BCUT2D eigenvalue weighted by atomic mass is 32.2. The van der Waals surface area contributed by atoms with Crippen molar-refractivity contribution in [2.75, 3.05) is 18.6 Å². The topological polar surface area (TPSA) is 214 Å². The van der Waals surface area contributed by atoms with Crippen molar-refractivity contribution < 1.29 is 34.2 Å². The van der Waals surface area contributed by atoms with Crippen LogP contribution in [0.1, 0.15) is 52.4 Å². The monoisotopic (exact) mass is 505 g/mol. The number of unbranched alkanes of at least 4 members (excludes halogenated alkanes) is 1. The third-order valence-electron chi connectivity index (χ3n) is 5.38. The van der Waals surface area contributed by atoms with Gasteiger partial charge in [0.25, 0.3) is 0 Å². The maximum absolute atomic E-state index is 12.9. The van der Waals surface area contributed by atoms with Crippen molar-refractivity contribution in [3.63, 3.8) is 0 Å². The first-order valence-corrected chi connectivity index (χ1v) is 12.7. The molecule has 0 aromatic heterocycles. The van der Waals surface area contributed by atoms with Crippen LogP contribution >= 0.6 is 11.8 Å². The molecule has 5 unspecified atom stereocenters. The number of hydrogen-bond donors (Lipinski definition) is 7. The van der Waals surface area contributed by atoms with E-state index >= 15 is 0 Å². The van der Waals surface area contributed by atoms with Crippen LogP contribution in [0.4, 0.5) is 0 Å². The van der Waals surface area contributed by atoms with Crippen LogP contribution < -0.4 is 27.4 Å². The first kappa shape index (κ1) is 31.6. The first-order chi connectivity index (χ1) is 16.0. The molecule has 0 radical (unpaired) electrons. The van der Waals surface area contributed by atoms with Gasteiger partial charge >= 0.3 is 11.9 Å². The predicted molar refractivity (Wildman–Crippen MR) is 129 cm³/mol. The molecule has 0 fully saturated rings. The summed E-state index contributed by atoms with van der Waals surface area (Å²) in [5, 5.41) is 25.8. The number of carboxylic acids is 2. The van der Waals surface area contributed by atoms with Crippen LogP contribution in [0.3, 0.4) is 0 Å². The van der Waals surface area contributed by atoms with Gasteiger partial charge < -0.3 is 37.6 Å². The van der Waals surface area contributed by atoms with Gasteiger partial charge in [0.1, 0.15) is 18.1 Å². The molecule has 34 heavy (non-hydrogen) atoms. The Balaban J connectivity index is 5.53. The van der Waals surface area contributed by atoms with Gasteiger partial charge in [-0.2, -0.15) is 11.8 Å². The lowest BCUT2D eigenvalue weighted by Gasteiger charge is -2.25. The molecule has 0 aromatic carbocycles. The highest BCUT2D eigenvalue weighted by Gasteiger charge is 2.31. The second-order valence-corrected chi connectivity index (χ2v) is 9.08. The molecule has 0 heterocycles. The zero-order chi connectivity index (χ0) is 26.3. The van der Waals surface area contributed by atoms with Crippen LogP contribution in [0.15, 0.2) is 0 Å². The van der Waals surface area contributed by atoms with E-state index in [1.54, 1.807) is 13.2 Å². The molecule has 0 rings (SSSR count). The van der Waals surface area contributed by atoms with E-state index in [-0.39, 0.29) is 18.8 Å². The quantitative estimate of drug-likeness (QED) is 0.116. The molecule has 0 aliphatic rings. The molecule has 3 amide bonds. The van der Waals surface area contributed by atoms with Crippen LogP contribution in [0, 0.1) is 5.92 Å². The van der Waals surface area contributed by atoms with E-state index in [4.69, 9.17) is 11.5 Å². The molecule has 0 spiro atoms. The second kappa shape index (κ2) is 17.1. The van der Waals surface area contributed by atoms with Crippen molar-refractivity contribution in [2.45, 2.75) is 76.5 Å². The normalized spacial score (nSPS) is 15.3. The van der Waals surface area contributed by atoms with Gasteiger partial charge in [0.2, 0.25) is 17.7 Å². The van der Waals surface area contributed by atoms with Gasteiger partial charge in [0.15, 0.2) is 0 Å². The summed E-state index contributed by atoms with van der Waals surface area (Å²) in [6, 6.07) is -4.68. The van der Waals surface area contributed by atoms with Crippen molar-refractivity contribution in [2.24, 2.45) is 17.4 Å². The van der Waals surface area contributed by atoms with Crippen LogP contribution in [0.25, 0.3) is 0 Å². The van der Waals surface area contributed by atoms with Gasteiger partial charge in [0, 0.05) is 0 Å². The summed E-state index contributed by atoms with van der Waals surface area (Å²) in [4.78, 5) is 60.9. The lowest BCUT2D eigenvalue weighted by molar-refractivity contribution is -0.143. The fourth-order valence-corrected chi connectivity index (χ4v) is 3.43. The Labute approximate surface area is 204 Å². The fourth-order valence-electron chi connectivity index (χ4n) is 2.96. The number of aliphatic carboxylic acids is 2. The number of thioether (sulfide) groups is 1. The second-order valence-electron chi connectivity index (χ2n) is 8.10. The number of carbonyl (C=O) groups excluding carboxylic acids is 3. The number of hydrogen-bond acceptors (Lipinski definition) is 8. The lowest BCUT2D eigenvalue weighted by atomic mass is 9.99. The van der Waals surface area contributed by atoms with E-state index in [2.05, 4.69) is 16.0 Å². The number of rotatable bonds is 18. The van der Waals surface area contributed by atoms with Crippen LogP contribution in [0.5, 0.6) is 0 Å². The third kappa shape index (κ3) is 12.2. The summed E-state index contributed by atoms with van der Waals surface area (Å²) in [5.41, 5.74) is 11.4. The summed E-state index contributed by atoms with van der Waals surface area (Å²) in [6.45, 7) is 3.95. The lowest BCUT2D eigenvalue weighted by Crippen LogP contribution is -2.58. The molecule has 0 aromatic rings. The Morgan fingerprint density at radius 1 is 0.882 bits per heavy atom. The minimum Gasteiger partial charge on any atom is -0.481 e. The average Bonchev–Trinajstić information content (AvgIpc) is 2.78. The molecule has 0 aliphatic heterocycles.